The molecule has 1 atom stereocenters. The molecule has 0 radical (unpaired) electrons. The second-order valence-electron chi connectivity index (χ2n) is 3.59. The summed E-state index contributed by atoms with van der Waals surface area (Å²) < 4.78 is 0. The van der Waals surface area contributed by atoms with E-state index in [1.165, 1.54) is 6.07 Å². The maximum atomic E-state index is 11.7. The van der Waals surface area contributed by atoms with Gasteiger partial charge < -0.3 is 5.11 Å². The van der Waals surface area contributed by atoms with Gasteiger partial charge in [0.1, 0.15) is 5.75 Å². The first kappa shape index (κ1) is 8.94. The van der Waals surface area contributed by atoms with Gasteiger partial charge in [0.25, 0.3) is 0 Å². The van der Waals surface area contributed by atoms with Crippen molar-refractivity contribution >= 4 is 11.6 Å². The van der Waals surface area contributed by atoms with Gasteiger partial charge in [-0.3, -0.25) is 9.59 Å². The van der Waals surface area contributed by atoms with Crippen LogP contribution in [0, 0.1) is 5.92 Å². The number of benzene rings is 1. The summed E-state index contributed by atoms with van der Waals surface area (Å²) in [4.78, 5) is 23.2. The first-order valence-electron chi connectivity index (χ1n) is 4.50. The van der Waals surface area contributed by atoms with Gasteiger partial charge in [-0.2, -0.15) is 0 Å². The molecule has 0 aliphatic heterocycles. The van der Waals surface area contributed by atoms with Crippen LogP contribution in [-0.4, -0.2) is 16.7 Å². The molecule has 0 spiro atoms. The molecule has 1 aliphatic rings. The summed E-state index contributed by atoms with van der Waals surface area (Å²) in [7, 11) is 0. The van der Waals surface area contributed by atoms with Crippen LogP contribution in [0.1, 0.15) is 34.1 Å². The normalized spacial score (nSPS) is 20.8. The molecule has 0 aromatic heterocycles. The van der Waals surface area contributed by atoms with Gasteiger partial charge in [0, 0.05) is 17.9 Å². The minimum absolute atomic E-state index is 0.0597. The lowest BCUT2D eigenvalue weighted by atomic mass is 9.82. The minimum atomic E-state index is -0.267. The van der Waals surface area contributed by atoms with Crippen molar-refractivity contribution in [2.45, 2.75) is 13.3 Å². The average molecular weight is 190 g/mol. The molecular weight excluding hydrogens is 180 g/mol. The van der Waals surface area contributed by atoms with Gasteiger partial charge in [0.15, 0.2) is 11.6 Å². The first-order chi connectivity index (χ1) is 6.61. The Kier molecular flexibility index (Phi) is 1.88. The monoisotopic (exact) mass is 190 g/mol. The van der Waals surface area contributed by atoms with Crippen LogP contribution in [0.25, 0.3) is 0 Å². The number of carbonyl (C=O) groups excluding carboxylic acids is 2. The Balaban J connectivity index is 2.67. The van der Waals surface area contributed by atoms with E-state index in [9.17, 15) is 14.7 Å². The smallest absolute Gasteiger partial charge is 0.168 e. The molecule has 3 heteroatoms. The molecule has 0 saturated heterocycles. The number of phenols is 1. The van der Waals surface area contributed by atoms with Crippen LogP contribution in [0.4, 0.5) is 0 Å². The highest BCUT2D eigenvalue weighted by Crippen LogP contribution is 2.30. The van der Waals surface area contributed by atoms with Gasteiger partial charge in [-0.15, -0.1) is 0 Å². The zero-order valence-electron chi connectivity index (χ0n) is 7.78. The third-order valence-corrected chi connectivity index (χ3v) is 2.53. The average Bonchev–Trinajstić information content (AvgIpc) is 2.14. The van der Waals surface area contributed by atoms with E-state index < -0.39 is 0 Å². The largest absolute Gasteiger partial charge is 0.507 e. The number of phenolic OH excluding ortho intramolecular Hbond substituents is 1. The number of hydrogen-bond acceptors (Lipinski definition) is 3. The molecule has 1 aromatic carbocycles. The zero-order chi connectivity index (χ0) is 10.3. The van der Waals surface area contributed by atoms with Crippen molar-refractivity contribution in [1.29, 1.82) is 0 Å². The number of fused-ring (bicyclic) bond motifs is 1. The Labute approximate surface area is 81.4 Å². The Bertz CT molecular complexity index is 421. The van der Waals surface area contributed by atoms with Gasteiger partial charge in [-0.1, -0.05) is 19.1 Å². The molecule has 3 nitrogen and oxygen atoms in total. The van der Waals surface area contributed by atoms with E-state index >= 15 is 0 Å². The molecule has 1 N–H and O–H groups in total. The number of Topliss-reactive ketones (excluding diaryl/α,β-unsaturated/α-hetero) is 2. The molecule has 0 fully saturated rings. The Morgan fingerprint density at radius 3 is 2.79 bits per heavy atom. The Morgan fingerprint density at radius 2 is 2.07 bits per heavy atom. The highest BCUT2D eigenvalue weighted by molar-refractivity contribution is 6.16. The maximum Gasteiger partial charge on any atom is 0.168 e. The fraction of sp³-hybridized carbons (Fsp3) is 0.273. The first-order valence-corrected chi connectivity index (χ1v) is 4.50. The van der Waals surface area contributed by atoms with E-state index in [1.54, 1.807) is 19.1 Å². The van der Waals surface area contributed by atoms with Gasteiger partial charge in [-0.05, 0) is 6.07 Å². The summed E-state index contributed by atoms with van der Waals surface area (Å²) >= 11 is 0. The number of hydrogen-bond donors (Lipinski definition) is 1. The van der Waals surface area contributed by atoms with Crippen molar-refractivity contribution in [3.63, 3.8) is 0 Å². The van der Waals surface area contributed by atoms with Gasteiger partial charge >= 0.3 is 0 Å². The van der Waals surface area contributed by atoms with Crippen LogP contribution in [-0.2, 0) is 0 Å². The summed E-state index contributed by atoms with van der Waals surface area (Å²) in [6.45, 7) is 1.73. The molecule has 1 aromatic rings. The van der Waals surface area contributed by atoms with Crippen molar-refractivity contribution in [3.05, 3.63) is 29.3 Å². The fourth-order valence-corrected chi connectivity index (χ4v) is 1.78. The summed E-state index contributed by atoms with van der Waals surface area (Å²) in [6.07, 6.45) is 0.198. The molecule has 14 heavy (non-hydrogen) atoms. The summed E-state index contributed by atoms with van der Waals surface area (Å²) in [5, 5.41) is 9.46. The van der Waals surface area contributed by atoms with Gasteiger partial charge in [-0.25, -0.2) is 0 Å². The number of carbonyl (C=O) groups is 2. The predicted octanol–water partition coefficient (Wildman–Crippen LogP) is 1.80. The van der Waals surface area contributed by atoms with Crippen LogP contribution in [0.2, 0.25) is 0 Å². The van der Waals surface area contributed by atoms with Crippen LogP contribution in [0.15, 0.2) is 18.2 Å². The van der Waals surface area contributed by atoms with Crippen LogP contribution in [0.5, 0.6) is 5.75 Å². The molecular formula is C11H10O3. The van der Waals surface area contributed by atoms with Crippen LogP contribution >= 0.6 is 0 Å². The standard InChI is InChI=1S/C11H10O3/c1-6-5-9(13)10-7(11(6)14)3-2-4-8(10)12/h2-4,6,12H,5H2,1H3. The molecule has 0 heterocycles. The van der Waals surface area contributed by atoms with Gasteiger partial charge in [0.2, 0.25) is 0 Å². The topological polar surface area (TPSA) is 54.4 Å². The zero-order valence-corrected chi connectivity index (χ0v) is 7.78. The summed E-state index contributed by atoms with van der Waals surface area (Å²) in [6, 6.07) is 4.60. The summed E-state index contributed by atoms with van der Waals surface area (Å²) in [5.74, 6) is -0.565. The lowest BCUT2D eigenvalue weighted by Gasteiger charge is -2.19. The lowest BCUT2D eigenvalue weighted by molar-refractivity contribution is 0.0832. The predicted molar refractivity (Wildman–Crippen MR) is 50.5 cm³/mol. The van der Waals surface area contributed by atoms with Crippen molar-refractivity contribution in [3.8, 4) is 5.75 Å². The fourth-order valence-electron chi connectivity index (χ4n) is 1.78. The van der Waals surface area contributed by atoms with E-state index in [4.69, 9.17) is 0 Å². The van der Waals surface area contributed by atoms with E-state index in [1.807, 2.05) is 0 Å². The van der Waals surface area contributed by atoms with Crippen molar-refractivity contribution in [1.82, 2.24) is 0 Å². The second kappa shape index (κ2) is 2.94. The van der Waals surface area contributed by atoms with Crippen LogP contribution < -0.4 is 0 Å². The Hall–Kier alpha value is -1.64. The SMILES string of the molecule is CC1CC(=O)c2c(O)cccc2C1=O. The van der Waals surface area contributed by atoms with E-state index in [2.05, 4.69) is 0 Å². The molecule has 2 rings (SSSR count). The highest BCUT2D eigenvalue weighted by atomic mass is 16.3. The number of aromatic hydroxyl groups is 1. The molecule has 0 bridgehead atoms. The number of rotatable bonds is 0. The van der Waals surface area contributed by atoms with E-state index in [0.717, 1.165) is 0 Å². The summed E-state index contributed by atoms with van der Waals surface area (Å²) in [5.41, 5.74) is 0.546. The quantitative estimate of drug-likeness (QED) is 0.678. The molecule has 72 valence electrons. The van der Waals surface area contributed by atoms with Crippen LogP contribution in [0.3, 0.4) is 0 Å². The van der Waals surface area contributed by atoms with E-state index in [0.29, 0.717) is 5.56 Å². The van der Waals surface area contributed by atoms with Crippen molar-refractivity contribution < 1.29 is 14.7 Å². The maximum absolute atomic E-state index is 11.7. The lowest BCUT2D eigenvalue weighted by Crippen LogP contribution is -2.24. The molecule has 1 aliphatic carbocycles. The molecule has 0 amide bonds. The van der Waals surface area contributed by atoms with E-state index in [-0.39, 0.29) is 35.2 Å². The Morgan fingerprint density at radius 1 is 1.36 bits per heavy atom. The minimum Gasteiger partial charge on any atom is -0.507 e. The molecule has 0 saturated carbocycles. The third kappa shape index (κ3) is 1.13. The highest BCUT2D eigenvalue weighted by Gasteiger charge is 2.31. The second-order valence-corrected chi connectivity index (χ2v) is 3.59. The molecule has 1 unspecified atom stereocenters. The number of ketones is 2. The van der Waals surface area contributed by atoms with Crippen molar-refractivity contribution in [2.24, 2.45) is 5.92 Å². The van der Waals surface area contributed by atoms with Gasteiger partial charge in [0.05, 0.1) is 5.56 Å². The van der Waals surface area contributed by atoms with Crippen molar-refractivity contribution in [2.75, 3.05) is 0 Å². The third-order valence-electron chi connectivity index (χ3n) is 2.53.